The number of alkyl halides is 1. The minimum Gasteiger partial charge on any atom is -0.253 e. The van der Waals surface area contributed by atoms with Gasteiger partial charge >= 0.3 is 0 Å². The molecule has 0 aliphatic carbocycles. The van der Waals surface area contributed by atoms with Gasteiger partial charge in [0.25, 0.3) is 0 Å². The first-order valence-corrected chi connectivity index (χ1v) is 7.25. The molecular formula is C13H13Cl2NS. The van der Waals surface area contributed by atoms with E-state index in [0.29, 0.717) is 11.8 Å². The Kier molecular flexibility index (Phi) is 4.84. The highest BCUT2D eigenvalue weighted by molar-refractivity contribution is 7.09. The summed E-state index contributed by atoms with van der Waals surface area (Å²) >= 11 is 13.6. The molecule has 0 radical (unpaired) electrons. The van der Waals surface area contributed by atoms with Crippen LogP contribution in [0.2, 0.25) is 5.02 Å². The van der Waals surface area contributed by atoms with Gasteiger partial charge in [0, 0.05) is 22.0 Å². The number of hydrogen-bond donors (Lipinski definition) is 0. The minimum absolute atomic E-state index is 0.457. The van der Waals surface area contributed by atoms with Crippen molar-refractivity contribution in [2.24, 2.45) is 5.92 Å². The maximum absolute atomic E-state index is 6.02. The third-order valence-corrected chi connectivity index (χ3v) is 4.12. The lowest BCUT2D eigenvalue weighted by molar-refractivity contribution is 0.588. The lowest BCUT2D eigenvalue weighted by Crippen LogP contribution is -2.09. The molecule has 1 aromatic heterocycles. The summed E-state index contributed by atoms with van der Waals surface area (Å²) in [5.74, 6) is 1.12. The van der Waals surface area contributed by atoms with E-state index in [1.165, 1.54) is 10.4 Å². The van der Waals surface area contributed by atoms with Gasteiger partial charge in [-0.3, -0.25) is 4.98 Å². The summed E-state index contributed by atoms with van der Waals surface area (Å²) in [5.41, 5.74) is 3.15. The third-order valence-electron chi connectivity index (χ3n) is 2.63. The smallest absolute Gasteiger partial charge is 0.0794 e. The van der Waals surface area contributed by atoms with E-state index < -0.39 is 0 Å². The van der Waals surface area contributed by atoms with Crippen LogP contribution in [0.5, 0.6) is 0 Å². The number of thiazole rings is 1. The van der Waals surface area contributed by atoms with Gasteiger partial charge in [-0.05, 0) is 36.5 Å². The lowest BCUT2D eigenvalue weighted by atomic mass is 9.97. The molecule has 0 saturated heterocycles. The summed E-state index contributed by atoms with van der Waals surface area (Å²) in [6.45, 7) is 0. The monoisotopic (exact) mass is 285 g/mol. The number of benzene rings is 1. The van der Waals surface area contributed by atoms with Crippen LogP contribution >= 0.6 is 34.5 Å². The Labute approximate surface area is 115 Å². The molecule has 1 nitrogen and oxygen atoms in total. The normalized spacial score (nSPS) is 12.6. The van der Waals surface area contributed by atoms with Crippen LogP contribution in [-0.4, -0.2) is 10.9 Å². The molecule has 17 heavy (non-hydrogen) atoms. The highest BCUT2D eigenvalue weighted by Gasteiger charge is 2.10. The van der Waals surface area contributed by atoms with Gasteiger partial charge in [-0.1, -0.05) is 23.7 Å². The second-order valence-electron chi connectivity index (χ2n) is 4.02. The summed E-state index contributed by atoms with van der Waals surface area (Å²) < 4.78 is 0. The summed E-state index contributed by atoms with van der Waals surface area (Å²) in [7, 11) is 0. The second kappa shape index (κ2) is 6.39. The molecule has 0 amide bonds. The SMILES string of the molecule is ClCC(Cc1ccc(Cl)cc1)Cc1cncs1. The van der Waals surface area contributed by atoms with Crippen LogP contribution in [0.3, 0.4) is 0 Å². The van der Waals surface area contributed by atoms with Crippen molar-refractivity contribution >= 4 is 34.5 Å². The second-order valence-corrected chi connectivity index (χ2v) is 5.74. The van der Waals surface area contributed by atoms with Crippen LogP contribution in [-0.2, 0) is 12.8 Å². The van der Waals surface area contributed by atoms with Crippen molar-refractivity contribution in [1.29, 1.82) is 0 Å². The van der Waals surface area contributed by atoms with Crippen LogP contribution in [0, 0.1) is 5.92 Å². The minimum atomic E-state index is 0.457. The zero-order chi connectivity index (χ0) is 12.1. The molecule has 2 rings (SSSR count). The van der Waals surface area contributed by atoms with Crippen LogP contribution < -0.4 is 0 Å². The van der Waals surface area contributed by atoms with E-state index in [0.717, 1.165) is 17.9 Å². The molecule has 2 aromatic rings. The zero-order valence-corrected chi connectivity index (χ0v) is 11.6. The summed E-state index contributed by atoms with van der Waals surface area (Å²) in [5, 5.41) is 0.777. The molecular weight excluding hydrogens is 273 g/mol. The van der Waals surface area contributed by atoms with Crippen LogP contribution in [0.4, 0.5) is 0 Å². The topological polar surface area (TPSA) is 12.9 Å². The number of nitrogens with zero attached hydrogens (tertiary/aromatic N) is 1. The van der Waals surface area contributed by atoms with Crippen LogP contribution in [0.15, 0.2) is 36.0 Å². The lowest BCUT2D eigenvalue weighted by Gasteiger charge is -2.12. The molecule has 0 aliphatic heterocycles. The summed E-state index contributed by atoms with van der Waals surface area (Å²) in [6.07, 6.45) is 3.90. The molecule has 1 atom stereocenters. The molecule has 4 heteroatoms. The van der Waals surface area contributed by atoms with Crippen LogP contribution in [0.25, 0.3) is 0 Å². The molecule has 1 unspecified atom stereocenters. The van der Waals surface area contributed by atoms with E-state index >= 15 is 0 Å². The maximum Gasteiger partial charge on any atom is 0.0794 e. The third kappa shape index (κ3) is 3.98. The van der Waals surface area contributed by atoms with Gasteiger partial charge < -0.3 is 0 Å². The number of aromatic nitrogens is 1. The molecule has 0 spiro atoms. The first-order valence-electron chi connectivity index (χ1n) is 5.45. The summed E-state index contributed by atoms with van der Waals surface area (Å²) in [6, 6.07) is 7.98. The molecule has 0 N–H and O–H groups in total. The molecule has 0 fully saturated rings. The van der Waals surface area contributed by atoms with E-state index in [1.54, 1.807) is 11.3 Å². The van der Waals surface area contributed by atoms with Crippen molar-refractivity contribution in [1.82, 2.24) is 4.98 Å². The molecule has 0 bridgehead atoms. The molecule has 1 aromatic carbocycles. The molecule has 90 valence electrons. The Bertz CT molecular complexity index is 439. The van der Waals surface area contributed by atoms with Gasteiger partial charge in [0.1, 0.15) is 0 Å². The fourth-order valence-electron chi connectivity index (χ4n) is 1.76. The van der Waals surface area contributed by atoms with Gasteiger partial charge in [0.15, 0.2) is 0 Å². The van der Waals surface area contributed by atoms with E-state index in [4.69, 9.17) is 23.2 Å². The Morgan fingerprint density at radius 1 is 1.18 bits per heavy atom. The van der Waals surface area contributed by atoms with Gasteiger partial charge in [-0.25, -0.2) is 0 Å². The predicted octanol–water partition coefficient (Wildman–Crippen LogP) is 4.44. The highest BCUT2D eigenvalue weighted by Crippen LogP contribution is 2.19. The van der Waals surface area contributed by atoms with E-state index in [2.05, 4.69) is 17.1 Å². The van der Waals surface area contributed by atoms with E-state index in [1.807, 2.05) is 23.8 Å². The molecule has 1 heterocycles. The van der Waals surface area contributed by atoms with Gasteiger partial charge in [-0.2, -0.15) is 0 Å². The Morgan fingerprint density at radius 3 is 2.53 bits per heavy atom. The predicted molar refractivity (Wildman–Crippen MR) is 75.2 cm³/mol. The van der Waals surface area contributed by atoms with Crippen molar-refractivity contribution < 1.29 is 0 Å². The number of halogens is 2. The molecule has 0 saturated carbocycles. The average molecular weight is 286 g/mol. The largest absolute Gasteiger partial charge is 0.253 e. The fourth-order valence-corrected chi connectivity index (χ4v) is 2.82. The fraction of sp³-hybridized carbons (Fsp3) is 0.308. The van der Waals surface area contributed by atoms with E-state index in [-0.39, 0.29) is 0 Å². The van der Waals surface area contributed by atoms with Gasteiger partial charge in [-0.15, -0.1) is 22.9 Å². The molecule has 0 aliphatic rings. The first-order chi connectivity index (χ1) is 8.28. The van der Waals surface area contributed by atoms with Crippen molar-refractivity contribution in [2.45, 2.75) is 12.8 Å². The summed E-state index contributed by atoms with van der Waals surface area (Å²) in [4.78, 5) is 5.38. The van der Waals surface area contributed by atoms with E-state index in [9.17, 15) is 0 Å². The van der Waals surface area contributed by atoms with Crippen molar-refractivity contribution in [2.75, 3.05) is 5.88 Å². The average Bonchev–Trinajstić information content (AvgIpc) is 2.84. The number of rotatable bonds is 5. The standard InChI is InChI=1S/C13H13Cl2NS/c14-7-11(6-13-8-16-9-17-13)5-10-1-3-12(15)4-2-10/h1-4,8-9,11H,5-7H2. The maximum atomic E-state index is 6.02. The van der Waals surface area contributed by atoms with Crippen molar-refractivity contribution in [3.05, 3.63) is 51.4 Å². The first kappa shape index (κ1) is 12.9. The van der Waals surface area contributed by atoms with Crippen molar-refractivity contribution in [3.8, 4) is 0 Å². The van der Waals surface area contributed by atoms with Crippen molar-refractivity contribution in [3.63, 3.8) is 0 Å². The van der Waals surface area contributed by atoms with Gasteiger partial charge in [0.05, 0.1) is 5.51 Å². The Balaban J connectivity index is 1.97. The Morgan fingerprint density at radius 2 is 1.94 bits per heavy atom. The number of hydrogen-bond acceptors (Lipinski definition) is 2. The quantitative estimate of drug-likeness (QED) is 0.741. The zero-order valence-electron chi connectivity index (χ0n) is 9.27. The van der Waals surface area contributed by atoms with Gasteiger partial charge in [0.2, 0.25) is 0 Å². The highest BCUT2D eigenvalue weighted by atomic mass is 35.5. The van der Waals surface area contributed by atoms with Crippen LogP contribution in [0.1, 0.15) is 10.4 Å². The Hall–Kier alpha value is -0.570.